The molecule has 0 saturated carbocycles. The number of aliphatic hydroxyl groups is 1. The fourth-order valence-electron chi connectivity index (χ4n) is 2.03. The van der Waals surface area contributed by atoms with Crippen LogP contribution in [-0.2, 0) is 28.4 Å². The molecule has 176 valence electrons. The van der Waals surface area contributed by atoms with Crippen LogP contribution in [0.3, 0.4) is 0 Å². The summed E-state index contributed by atoms with van der Waals surface area (Å²) in [5, 5.41) is 28.4. The Kier molecular flexibility index (Phi) is 12.3. The number of benzene rings is 1. The van der Waals surface area contributed by atoms with Crippen LogP contribution in [0.5, 0.6) is 17.2 Å². The maximum atomic E-state index is 11.7. The Balaban J connectivity index is 2.06. The lowest BCUT2D eigenvalue weighted by molar-refractivity contribution is -0.871. The second-order valence-corrected chi connectivity index (χ2v) is 8.29. The first-order valence-electron chi connectivity index (χ1n) is 9.58. The van der Waals surface area contributed by atoms with Gasteiger partial charge in [0.05, 0.1) is 27.7 Å². The number of quaternary nitrogens is 1. The highest BCUT2D eigenvalue weighted by Crippen LogP contribution is 2.26. The normalized spacial score (nSPS) is 12.8. The van der Waals surface area contributed by atoms with Crippen molar-refractivity contribution < 1.29 is 53.0 Å². The van der Waals surface area contributed by atoms with Crippen LogP contribution in [0.2, 0.25) is 0 Å². The van der Waals surface area contributed by atoms with Crippen LogP contribution in [0, 0.1) is 0 Å². The average molecular weight is 464 g/mol. The quantitative estimate of drug-likeness (QED) is 0.0661. The summed E-state index contributed by atoms with van der Waals surface area (Å²) in [6, 6.07) is 3.46. The van der Waals surface area contributed by atoms with Crippen molar-refractivity contribution in [3.05, 3.63) is 18.2 Å². The minimum atomic E-state index is -1.02. The molecular formula is C19H31NO10P+. The molecule has 0 spiro atoms. The fourth-order valence-corrected chi connectivity index (χ4v) is 2.47. The van der Waals surface area contributed by atoms with Gasteiger partial charge in [-0.05, 0) is 6.42 Å². The molecule has 0 amide bonds. The number of aromatic hydroxyl groups is 2. The predicted molar refractivity (Wildman–Crippen MR) is 110 cm³/mol. The lowest BCUT2D eigenvalue weighted by Gasteiger charge is -2.22. The maximum Gasteiger partial charge on any atom is 0.311 e. The van der Waals surface area contributed by atoms with E-state index in [1.807, 2.05) is 21.1 Å². The summed E-state index contributed by atoms with van der Waals surface area (Å²) in [7, 11) is 5.66. The lowest BCUT2D eigenvalue weighted by Crippen LogP contribution is -2.37. The molecule has 0 aliphatic heterocycles. The standard InChI is InChI=1S/C19H30NO10P/c1-20(2,3)7-8-27-30-31-28-13-16(23)12-26-18(24)5-4-6-19(25)29-17-10-14(21)9-15(22)11-17/h9-11,16,23,31H,4-8,12-13H2,1-3H3,(H-,21,22)/p+1. The highest BCUT2D eigenvalue weighted by atomic mass is 31.1. The van der Waals surface area contributed by atoms with Gasteiger partial charge in [0.25, 0.3) is 0 Å². The molecule has 0 heterocycles. The molecule has 0 bridgehead atoms. The van der Waals surface area contributed by atoms with Crippen molar-refractivity contribution in [2.24, 2.45) is 0 Å². The highest BCUT2D eigenvalue weighted by Gasteiger charge is 2.12. The van der Waals surface area contributed by atoms with E-state index < -0.39 is 27.1 Å². The predicted octanol–water partition coefficient (Wildman–Crippen LogP) is 1.26. The van der Waals surface area contributed by atoms with Crippen molar-refractivity contribution >= 4 is 21.0 Å². The number of phenols is 2. The summed E-state index contributed by atoms with van der Waals surface area (Å²) < 4.78 is 20.5. The molecule has 12 heteroatoms. The Morgan fingerprint density at radius 2 is 1.68 bits per heavy atom. The summed E-state index contributed by atoms with van der Waals surface area (Å²) in [4.78, 5) is 28.3. The van der Waals surface area contributed by atoms with E-state index in [9.17, 15) is 24.9 Å². The molecule has 1 rings (SSSR count). The zero-order valence-corrected chi connectivity index (χ0v) is 18.9. The van der Waals surface area contributed by atoms with Crippen molar-refractivity contribution in [3.8, 4) is 17.2 Å². The number of esters is 2. The van der Waals surface area contributed by atoms with Crippen LogP contribution in [0.4, 0.5) is 0 Å². The number of carbonyl (C=O) groups excluding carboxylic acids is 2. The first kappa shape index (κ1) is 27.0. The molecule has 3 N–H and O–H groups in total. The lowest BCUT2D eigenvalue weighted by atomic mass is 10.2. The zero-order valence-electron chi connectivity index (χ0n) is 17.9. The topological polar surface area (TPSA) is 141 Å². The fraction of sp³-hybridized carbons (Fsp3) is 0.579. The third-order valence-corrected chi connectivity index (χ3v) is 4.05. The summed E-state index contributed by atoms with van der Waals surface area (Å²) in [6.07, 6.45) is -0.952. The second kappa shape index (κ2) is 14.1. The van der Waals surface area contributed by atoms with Gasteiger partial charge in [0, 0.05) is 31.0 Å². The van der Waals surface area contributed by atoms with E-state index in [0.29, 0.717) is 6.61 Å². The van der Waals surface area contributed by atoms with E-state index in [2.05, 4.69) is 0 Å². The van der Waals surface area contributed by atoms with Crippen LogP contribution in [-0.4, -0.2) is 85.4 Å². The van der Waals surface area contributed by atoms with Gasteiger partial charge in [-0.1, -0.05) is 0 Å². The number of rotatable bonds is 15. The minimum Gasteiger partial charge on any atom is -0.508 e. The summed E-state index contributed by atoms with van der Waals surface area (Å²) in [6.45, 7) is 0.830. The molecule has 1 aromatic rings. The molecular weight excluding hydrogens is 433 g/mol. The van der Waals surface area contributed by atoms with Crippen molar-refractivity contribution in [1.29, 1.82) is 0 Å². The smallest absolute Gasteiger partial charge is 0.311 e. The molecule has 0 radical (unpaired) electrons. The number of nitrogens with zero attached hydrogens (tertiary/aromatic N) is 1. The zero-order chi connectivity index (χ0) is 23.3. The number of aliphatic hydroxyl groups excluding tert-OH is 1. The Labute approximate surface area is 182 Å². The highest BCUT2D eigenvalue weighted by molar-refractivity contribution is 7.26. The largest absolute Gasteiger partial charge is 0.508 e. The number of hydrogen-bond acceptors (Lipinski definition) is 10. The van der Waals surface area contributed by atoms with E-state index in [4.69, 9.17) is 23.6 Å². The molecule has 1 aromatic carbocycles. The van der Waals surface area contributed by atoms with Gasteiger partial charge in [0.1, 0.15) is 43.1 Å². The molecule has 0 aliphatic carbocycles. The van der Waals surface area contributed by atoms with E-state index in [1.54, 1.807) is 0 Å². The first-order valence-corrected chi connectivity index (χ1v) is 10.4. The number of hydrogen-bond donors (Lipinski definition) is 3. The van der Waals surface area contributed by atoms with Gasteiger partial charge in [0.15, 0.2) is 9.03 Å². The van der Waals surface area contributed by atoms with Crippen molar-refractivity contribution in [1.82, 2.24) is 0 Å². The molecule has 31 heavy (non-hydrogen) atoms. The summed E-state index contributed by atoms with van der Waals surface area (Å²) >= 11 is 0. The van der Waals surface area contributed by atoms with Crippen molar-refractivity contribution in [2.45, 2.75) is 25.4 Å². The summed E-state index contributed by atoms with van der Waals surface area (Å²) in [5.74, 6) is -1.70. The third kappa shape index (κ3) is 14.6. The molecule has 2 atom stereocenters. The summed E-state index contributed by atoms with van der Waals surface area (Å²) in [5.41, 5.74) is 0. The van der Waals surface area contributed by atoms with Crippen LogP contribution in [0.1, 0.15) is 19.3 Å². The maximum absolute atomic E-state index is 11.7. The van der Waals surface area contributed by atoms with Gasteiger partial charge in [-0.15, -0.1) is 0 Å². The van der Waals surface area contributed by atoms with Crippen LogP contribution < -0.4 is 4.74 Å². The van der Waals surface area contributed by atoms with Crippen LogP contribution in [0.15, 0.2) is 18.2 Å². The Morgan fingerprint density at radius 3 is 2.32 bits per heavy atom. The molecule has 2 unspecified atom stereocenters. The third-order valence-electron chi connectivity index (χ3n) is 3.58. The monoisotopic (exact) mass is 464 g/mol. The first-order chi connectivity index (χ1) is 14.5. The van der Waals surface area contributed by atoms with E-state index >= 15 is 0 Å². The number of likely N-dealkylation sites (N-methyl/N-ethyl adjacent to an activating group) is 1. The van der Waals surface area contributed by atoms with E-state index in [1.165, 1.54) is 12.1 Å². The molecule has 0 saturated heterocycles. The van der Waals surface area contributed by atoms with Gasteiger partial charge in [-0.3, -0.25) is 9.59 Å². The minimum absolute atomic E-state index is 0.00309. The second-order valence-electron chi connectivity index (χ2n) is 7.66. The van der Waals surface area contributed by atoms with Gasteiger partial charge in [0.2, 0.25) is 0 Å². The van der Waals surface area contributed by atoms with Crippen molar-refractivity contribution in [3.63, 3.8) is 0 Å². The van der Waals surface area contributed by atoms with Crippen molar-refractivity contribution in [2.75, 3.05) is 47.5 Å². The van der Waals surface area contributed by atoms with Crippen LogP contribution in [0.25, 0.3) is 0 Å². The average Bonchev–Trinajstić information content (AvgIpc) is 2.63. The molecule has 0 aromatic heterocycles. The number of ether oxygens (including phenoxy) is 2. The molecule has 0 aliphatic rings. The van der Waals surface area contributed by atoms with Gasteiger partial charge < -0.3 is 33.8 Å². The van der Waals surface area contributed by atoms with Gasteiger partial charge >= 0.3 is 11.9 Å². The number of carbonyl (C=O) groups is 2. The Hall–Kier alpha value is -2.01. The molecule has 11 nitrogen and oxygen atoms in total. The van der Waals surface area contributed by atoms with E-state index in [0.717, 1.165) is 17.1 Å². The Bertz CT molecular complexity index is 675. The van der Waals surface area contributed by atoms with E-state index in [-0.39, 0.29) is 49.7 Å². The molecule has 0 fully saturated rings. The Morgan fingerprint density at radius 1 is 1.03 bits per heavy atom. The van der Waals surface area contributed by atoms with Gasteiger partial charge in [-0.2, -0.15) is 4.67 Å². The number of phenolic OH excluding ortho intramolecular Hbond substituents is 2. The SMILES string of the molecule is C[N+](C)(C)CCOOPOCC(O)COC(=O)CCCC(=O)Oc1cc(O)cc(O)c1. The van der Waals surface area contributed by atoms with Gasteiger partial charge in [-0.25, -0.2) is 4.89 Å². The van der Waals surface area contributed by atoms with Crippen LogP contribution >= 0.6 is 9.03 Å².